The highest BCUT2D eigenvalue weighted by atomic mass is 19.4. The molecule has 2 amide bonds. The molecule has 234 valence electrons. The summed E-state index contributed by atoms with van der Waals surface area (Å²) in [5.41, 5.74) is 6.29. The highest BCUT2D eigenvalue weighted by molar-refractivity contribution is 6.10. The summed E-state index contributed by atoms with van der Waals surface area (Å²) in [7, 11) is 5.28. The van der Waals surface area contributed by atoms with E-state index in [2.05, 4.69) is 30.0 Å². The first-order valence-electron chi connectivity index (χ1n) is 14.1. The summed E-state index contributed by atoms with van der Waals surface area (Å²) in [6.07, 6.45) is -2.18. The van der Waals surface area contributed by atoms with Gasteiger partial charge in [0.25, 0.3) is 0 Å². The van der Waals surface area contributed by atoms with Gasteiger partial charge in [-0.3, -0.25) is 15.2 Å². The number of urea groups is 1. The number of methoxy groups -OCH3 is 1. The SMILES string of the molecule is COC(=O)C1=C(C)N(c2cccc(C(F)(F)F)c2)C(=N)N(C(N)=O)[C@@H]1c1ccc(C#N)cc1CCN1CCC(N(C)C)CC1. The lowest BCUT2D eigenvalue weighted by atomic mass is 9.87. The van der Waals surface area contributed by atoms with Gasteiger partial charge in [-0.15, -0.1) is 0 Å². The largest absolute Gasteiger partial charge is 0.466 e. The number of likely N-dealkylation sites (tertiary alicyclic amines) is 1. The summed E-state index contributed by atoms with van der Waals surface area (Å²) in [6, 6.07) is 9.40. The van der Waals surface area contributed by atoms with Crippen LogP contribution in [0.15, 0.2) is 53.7 Å². The summed E-state index contributed by atoms with van der Waals surface area (Å²) >= 11 is 0. The summed E-state index contributed by atoms with van der Waals surface area (Å²) in [5, 5.41) is 18.6. The fourth-order valence-corrected chi connectivity index (χ4v) is 5.97. The molecule has 10 nitrogen and oxygen atoms in total. The second-order valence-electron chi connectivity index (χ2n) is 11.1. The lowest BCUT2D eigenvalue weighted by Crippen LogP contribution is -2.55. The van der Waals surface area contributed by atoms with E-state index in [1.54, 1.807) is 18.2 Å². The van der Waals surface area contributed by atoms with Crippen LogP contribution in [-0.2, 0) is 22.1 Å². The van der Waals surface area contributed by atoms with E-state index < -0.39 is 35.7 Å². The topological polar surface area (TPSA) is 130 Å². The number of hydrogen-bond acceptors (Lipinski definition) is 7. The Bertz CT molecular complexity index is 1510. The molecule has 0 radical (unpaired) electrons. The van der Waals surface area contributed by atoms with Crippen molar-refractivity contribution in [3.63, 3.8) is 0 Å². The molecule has 2 aliphatic rings. The molecule has 1 saturated heterocycles. The zero-order valence-corrected chi connectivity index (χ0v) is 25.1. The summed E-state index contributed by atoms with van der Waals surface area (Å²) in [5.74, 6) is -1.38. The monoisotopic (exact) mass is 611 g/mol. The van der Waals surface area contributed by atoms with Gasteiger partial charge in [0.15, 0.2) is 0 Å². The number of anilines is 1. The number of piperidine rings is 1. The van der Waals surface area contributed by atoms with Crippen molar-refractivity contribution in [2.45, 2.75) is 44.4 Å². The predicted molar refractivity (Wildman–Crippen MR) is 159 cm³/mol. The number of esters is 1. The van der Waals surface area contributed by atoms with Crippen molar-refractivity contribution in [3.05, 3.63) is 76.0 Å². The number of hydrogen-bond donors (Lipinski definition) is 2. The van der Waals surface area contributed by atoms with E-state index in [1.165, 1.54) is 19.1 Å². The number of amides is 2. The van der Waals surface area contributed by atoms with Crippen LogP contribution in [-0.4, -0.2) is 79.5 Å². The van der Waals surface area contributed by atoms with E-state index in [1.807, 2.05) is 0 Å². The third-order valence-electron chi connectivity index (χ3n) is 8.32. The lowest BCUT2D eigenvalue weighted by Gasteiger charge is -2.43. The Morgan fingerprint density at radius 2 is 1.84 bits per heavy atom. The first-order valence-corrected chi connectivity index (χ1v) is 14.1. The number of nitrogens with one attached hydrogen (secondary N) is 1. The maximum absolute atomic E-state index is 13.6. The quantitative estimate of drug-likeness (QED) is 0.442. The van der Waals surface area contributed by atoms with E-state index in [-0.39, 0.29) is 17.0 Å². The minimum Gasteiger partial charge on any atom is -0.466 e. The van der Waals surface area contributed by atoms with Crippen molar-refractivity contribution in [1.29, 1.82) is 10.7 Å². The average molecular weight is 612 g/mol. The Morgan fingerprint density at radius 1 is 1.16 bits per heavy atom. The molecule has 0 unspecified atom stereocenters. The van der Waals surface area contributed by atoms with E-state index in [9.17, 15) is 28.0 Å². The van der Waals surface area contributed by atoms with E-state index in [4.69, 9.17) is 15.9 Å². The van der Waals surface area contributed by atoms with Crippen LogP contribution in [0, 0.1) is 16.7 Å². The number of benzene rings is 2. The normalized spacial score (nSPS) is 18.5. The van der Waals surface area contributed by atoms with Crippen molar-refractivity contribution >= 4 is 23.6 Å². The molecule has 0 spiro atoms. The first-order chi connectivity index (χ1) is 20.8. The molecule has 4 rings (SSSR count). The molecule has 0 saturated carbocycles. The number of nitrogens with zero attached hydrogens (tertiary/aromatic N) is 5. The number of primary amides is 1. The average Bonchev–Trinajstić information content (AvgIpc) is 2.99. The summed E-state index contributed by atoms with van der Waals surface area (Å²) < 4.78 is 45.8. The Labute approximate surface area is 254 Å². The van der Waals surface area contributed by atoms with Gasteiger partial charge in [0.1, 0.15) is 6.04 Å². The molecule has 2 aromatic rings. The molecule has 0 aliphatic carbocycles. The number of nitrogens with two attached hydrogens (primary N) is 1. The maximum atomic E-state index is 13.6. The second-order valence-corrected chi connectivity index (χ2v) is 11.1. The Morgan fingerprint density at radius 3 is 2.41 bits per heavy atom. The third kappa shape index (κ3) is 6.56. The molecule has 2 aliphatic heterocycles. The van der Waals surface area contributed by atoms with E-state index in [0.717, 1.165) is 55.0 Å². The Hall–Kier alpha value is -4.41. The molecule has 1 fully saturated rings. The number of guanidine groups is 1. The number of nitriles is 1. The van der Waals surface area contributed by atoms with Gasteiger partial charge < -0.3 is 20.3 Å². The standard InChI is InChI=1S/C31H36F3N7O3/c1-19-26(28(42)44-4)27(41(30(37)43)29(36)40(19)24-7-5-6-22(17-24)31(32,33)34)25-9-8-20(18-35)16-21(25)10-13-39-14-11-23(12-15-39)38(2)3/h5-9,16-17,23,27,36H,10-15H2,1-4H3,(H2,37,43)/t27-/m1/s1. The molecule has 2 heterocycles. The highest BCUT2D eigenvalue weighted by Gasteiger charge is 2.44. The maximum Gasteiger partial charge on any atom is 0.416 e. The van der Waals surface area contributed by atoms with Crippen LogP contribution in [0.3, 0.4) is 0 Å². The molecular formula is C31H36F3N7O3. The number of alkyl halides is 3. The van der Waals surface area contributed by atoms with E-state index >= 15 is 0 Å². The van der Waals surface area contributed by atoms with Gasteiger partial charge in [0.2, 0.25) is 5.96 Å². The van der Waals surface area contributed by atoms with Gasteiger partial charge in [-0.25, -0.2) is 9.59 Å². The molecule has 3 N–H and O–H groups in total. The minimum absolute atomic E-state index is 0.0718. The molecular weight excluding hydrogens is 575 g/mol. The van der Waals surface area contributed by atoms with Gasteiger partial charge in [0.05, 0.1) is 29.9 Å². The van der Waals surface area contributed by atoms with Crippen molar-refractivity contribution in [2.75, 3.05) is 45.7 Å². The number of ether oxygens (including phenoxy) is 1. The lowest BCUT2D eigenvalue weighted by molar-refractivity contribution is -0.138. The summed E-state index contributed by atoms with van der Waals surface area (Å²) in [6.45, 7) is 3.89. The molecule has 0 aromatic heterocycles. The summed E-state index contributed by atoms with van der Waals surface area (Å²) in [4.78, 5) is 32.8. The zero-order valence-electron chi connectivity index (χ0n) is 25.1. The molecule has 0 bridgehead atoms. The van der Waals surface area contributed by atoms with Gasteiger partial charge in [-0.1, -0.05) is 12.1 Å². The van der Waals surface area contributed by atoms with Gasteiger partial charge in [0, 0.05) is 24.0 Å². The number of allylic oxidation sites excluding steroid dienone is 1. The number of halogens is 3. The Kier molecular flexibility index (Phi) is 9.66. The van der Waals surface area contributed by atoms with Gasteiger partial charge in [-0.05, 0) is 94.8 Å². The number of carbonyl (C=O) groups excluding carboxylic acids is 2. The van der Waals surface area contributed by atoms with Crippen LogP contribution < -0.4 is 10.6 Å². The van der Waals surface area contributed by atoms with Crippen molar-refractivity contribution in [2.24, 2.45) is 5.73 Å². The van der Waals surface area contributed by atoms with E-state index in [0.29, 0.717) is 35.7 Å². The molecule has 13 heteroatoms. The molecule has 1 atom stereocenters. The fraction of sp³-hybridized carbons (Fsp3) is 0.419. The smallest absolute Gasteiger partial charge is 0.416 e. The fourth-order valence-electron chi connectivity index (χ4n) is 5.97. The highest BCUT2D eigenvalue weighted by Crippen LogP contribution is 2.42. The Balaban J connectivity index is 1.82. The van der Waals surface area contributed by atoms with Crippen LogP contribution in [0.1, 0.15) is 48.1 Å². The van der Waals surface area contributed by atoms with Crippen molar-refractivity contribution < 1.29 is 27.5 Å². The second kappa shape index (κ2) is 13.1. The zero-order chi connectivity index (χ0) is 32.3. The third-order valence-corrected chi connectivity index (χ3v) is 8.32. The van der Waals surface area contributed by atoms with Gasteiger partial charge in [-0.2, -0.15) is 18.4 Å². The predicted octanol–water partition coefficient (Wildman–Crippen LogP) is 4.47. The van der Waals surface area contributed by atoms with Crippen LogP contribution in [0.5, 0.6) is 0 Å². The van der Waals surface area contributed by atoms with Crippen LogP contribution in [0.2, 0.25) is 0 Å². The minimum atomic E-state index is -4.66. The van der Waals surface area contributed by atoms with Crippen molar-refractivity contribution in [3.8, 4) is 6.07 Å². The van der Waals surface area contributed by atoms with Gasteiger partial charge >= 0.3 is 18.2 Å². The first kappa shape index (κ1) is 32.5. The van der Waals surface area contributed by atoms with Crippen LogP contribution in [0.4, 0.5) is 23.7 Å². The van der Waals surface area contributed by atoms with Crippen molar-refractivity contribution in [1.82, 2.24) is 14.7 Å². The molecule has 44 heavy (non-hydrogen) atoms. The number of carbonyl (C=O) groups is 2. The van der Waals surface area contributed by atoms with Crippen LogP contribution >= 0.6 is 0 Å². The number of rotatable bonds is 7. The van der Waals surface area contributed by atoms with Crippen LogP contribution in [0.25, 0.3) is 0 Å². The molecule has 2 aromatic carbocycles.